The molecule has 4 heteroatoms. The van der Waals surface area contributed by atoms with E-state index in [1.165, 1.54) is 63.4 Å². The molecule has 1 aromatic rings. The van der Waals surface area contributed by atoms with E-state index >= 15 is 0 Å². The molecule has 1 aromatic heterocycles. The van der Waals surface area contributed by atoms with Crippen LogP contribution in [0.5, 0.6) is 0 Å². The molecule has 8 atom stereocenters. The number of rotatable bonds is 10. The fourth-order valence-electron chi connectivity index (χ4n) is 9.89. The topological polar surface area (TPSA) is 47.3 Å². The first-order chi connectivity index (χ1) is 16.6. The molecule has 0 radical (unpaired) electrons. The van der Waals surface area contributed by atoms with E-state index in [2.05, 4.69) is 52.8 Å². The molecule has 3 saturated carbocycles. The Morgan fingerprint density at radius 3 is 2.57 bits per heavy atom. The second kappa shape index (κ2) is 10.5. The zero-order valence-corrected chi connectivity index (χ0v) is 23.9. The summed E-state index contributed by atoms with van der Waals surface area (Å²) in [5.41, 5.74) is 1.26. The molecule has 0 saturated heterocycles. The second-order valence-corrected chi connectivity index (χ2v) is 13.4. The van der Waals surface area contributed by atoms with Gasteiger partial charge in [0.2, 0.25) is 0 Å². The van der Waals surface area contributed by atoms with Crippen molar-refractivity contribution in [1.82, 2.24) is 9.78 Å². The maximum Gasteiger partial charge on any atom is 0.0848 e. The molecule has 4 nitrogen and oxygen atoms in total. The van der Waals surface area contributed by atoms with Gasteiger partial charge in [0.05, 0.1) is 18.3 Å². The van der Waals surface area contributed by atoms with Crippen molar-refractivity contribution in [3.63, 3.8) is 0 Å². The normalized spacial score (nSPS) is 38.8. The third kappa shape index (κ3) is 4.76. The molecule has 3 fully saturated rings. The molecule has 6 unspecified atom stereocenters. The number of aliphatic hydroxyl groups is 1. The smallest absolute Gasteiger partial charge is 0.0848 e. The number of fused-ring (bicyclic) bond motifs is 3. The summed E-state index contributed by atoms with van der Waals surface area (Å²) in [7, 11) is 1.86. The van der Waals surface area contributed by atoms with Gasteiger partial charge in [-0.2, -0.15) is 5.10 Å². The fraction of sp³-hybridized carbons (Fsp3) is 0.903. The van der Waals surface area contributed by atoms with Gasteiger partial charge < -0.3 is 9.84 Å². The van der Waals surface area contributed by atoms with Crippen LogP contribution in [-0.2, 0) is 11.3 Å². The van der Waals surface area contributed by atoms with Gasteiger partial charge >= 0.3 is 0 Å². The van der Waals surface area contributed by atoms with Crippen LogP contribution in [0.25, 0.3) is 0 Å². The summed E-state index contributed by atoms with van der Waals surface area (Å²) in [6.45, 7) is 15.4. The van der Waals surface area contributed by atoms with Gasteiger partial charge in [-0.15, -0.1) is 0 Å². The molecule has 0 bridgehead atoms. The SMILES string of the molecule is CCC[C@@]1(CC)C(CCOC)CCC2C3CCC([C@@](C)(O)Cn4cc(C(C)C)cn4)C3(C)CCC21. The number of aromatic nitrogens is 2. The molecule has 35 heavy (non-hydrogen) atoms. The number of methoxy groups -OCH3 is 1. The van der Waals surface area contributed by atoms with Crippen molar-refractivity contribution in [2.75, 3.05) is 13.7 Å². The van der Waals surface area contributed by atoms with Gasteiger partial charge in [0, 0.05) is 19.9 Å². The third-order valence-corrected chi connectivity index (χ3v) is 11.4. The maximum atomic E-state index is 11.9. The van der Waals surface area contributed by atoms with Crippen LogP contribution in [0.3, 0.4) is 0 Å². The molecule has 0 aliphatic heterocycles. The molecule has 200 valence electrons. The molecular formula is C31H54N2O2. The zero-order chi connectivity index (χ0) is 25.4. The van der Waals surface area contributed by atoms with Crippen LogP contribution in [0.15, 0.2) is 12.4 Å². The van der Waals surface area contributed by atoms with E-state index in [4.69, 9.17) is 4.74 Å². The lowest BCUT2D eigenvalue weighted by Crippen LogP contribution is -2.55. The Morgan fingerprint density at radius 2 is 1.94 bits per heavy atom. The van der Waals surface area contributed by atoms with E-state index in [1.54, 1.807) is 0 Å². The predicted octanol–water partition coefficient (Wildman–Crippen LogP) is 7.46. The van der Waals surface area contributed by atoms with Crippen LogP contribution < -0.4 is 0 Å². The number of nitrogens with zero attached hydrogens (tertiary/aromatic N) is 2. The summed E-state index contributed by atoms with van der Waals surface area (Å²) >= 11 is 0. The summed E-state index contributed by atoms with van der Waals surface area (Å²) in [4.78, 5) is 0. The Bertz CT molecular complexity index is 832. The average Bonchev–Trinajstić information content (AvgIpc) is 3.42. The molecule has 0 spiro atoms. The van der Waals surface area contributed by atoms with Crippen LogP contribution in [0.4, 0.5) is 0 Å². The van der Waals surface area contributed by atoms with Crippen LogP contribution >= 0.6 is 0 Å². The minimum atomic E-state index is -0.725. The predicted molar refractivity (Wildman–Crippen MR) is 144 cm³/mol. The van der Waals surface area contributed by atoms with Crippen molar-refractivity contribution in [3.8, 4) is 0 Å². The minimum Gasteiger partial charge on any atom is -0.388 e. The second-order valence-electron chi connectivity index (χ2n) is 13.4. The molecule has 0 amide bonds. The Hall–Kier alpha value is -0.870. The Balaban J connectivity index is 1.56. The monoisotopic (exact) mass is 486 g/mol. The van der Waals surface area contributed by atoms with Gasteiger partial charge in [0.25, 0.3) is 0 Å². The summed E-state index contributed by atoms with van der Waals surface area (Å²) in [5, 5.41) is 16.5. The van der Waals surface area contributed by atoms with Gasteiger partial charge in [-0.1, -0.05) is 41.0 Å². The van der Waals surface area contributed by atoms with Crippen molar-refractivity contribution in [1.29, 1.82) is 0 Å². The molecule has 1 N–H and O–H groups in total. The molecular weight excluding hydrogens is 432 g/mol. The van der Waals surface area contributed by atoms with E-state index < -0.39 is 5.60 Å². The summed E-state index contributed by atoms with van der Waals surface area (Å²) in [6.07, 6.45) is 17.2. The van der Waals surface area contributed by atoms with E-state index in [9.17, 15) is 5.11 Å². The van der Waals surface area contributed by atoms with Crippen LogP contribution in [-0.4, -0.2) is 34.2 Å². The van der Waals surface area contributed by atoms with Crippen molar-refractivity contribution >= 4 is 0 Å². The fourth-order valence-corrected chi connectivity index (χ4v) is 9.89. The number of hydrogen-bond acceptors (Lipinski definition) is 3. The van der Waals surface area contributed by atoms with Gasteiger partial charge in [0.15, 0.2) is 0 Å². The largest absolute Gasteiger partial charge is 0.388 e. The van der Waals surface area contributed by atoms with E-state index in [0.717, 1.165) is 36.7 Å². The highest BCUT2D eigenvalue weighted by atomic mass is 16.5. The lowest BCUT2D eigenvalue weighted by Gasteiger charge is -2.61. The summed E-state index contributed by atoms with van der Waals surface area (Å²) < 4.78 is 7.56. The van der Waals surface area contributed by atoms with Crippen molar-refractivity contribution < 1.29 is 9.84 Å². The van der Waals surface area contributed by atoms with Crippen molar-refractivity contribution in [3.05, 3.63) is 18.0 Å². The highest BCUT2D eigenvalue weighted by Crippen LogP contribution is 2.68. The van der Waals surface area contributed by atoms with E-state index in [1.807, 2.05) is 18.0 Å². The van der Waals surface area contributed by atoms with Gasteiger partial charge in [-0.05, 0) is 117 Å². The number of ether oxygens (including phenoxy) is 1. The highest BCUT2D eigenvalue weighted by molar-refractivity contribution is 5.12. The molecule has 4 rings (SSSR count). The van der Waals surface area contributed by atoms with Gasteiger partial charge in [-0.25, -0.2) is 0 Å². The van der Waals surface area contributed by atoms with Crippen LogP contribution in [0, 0.1) is 40.4 Å². The van der Waals surface area contributed by atoms with Crippen LogP contribution in [0.1, 0.15) is 117 Å². The van der Waals surface area contributed by atoms with Crippen LogP contribution in [0.2, 0.25) is 0 Å². The molecule has 1 heterocycles. The quantitative estimate of drug-likeness (QED) is 0.373. The lowest BCUT2D eigenvalue weighted by atomic mass is 9.44. The van der Waals surface area contributed by atoms with E-state index in [-0.39, 0.29) is 5.41 Å². The first-order valence-electron chi connectivity index (χ1n) is 14.9. The molecule has 0 aromatic carbocycles. The summed E-state index contributed by atoms with van der Waals surface area (Å²) in [6, 6.07) is 0. The third-order valence-electron chi connectivity index (χ3n) is 11.4. The zero-order valence-electron chi connectivity index (χ0n) is 23.9. The Labute approximate surface area is 215 Å². The van der Waals surface area contributed by atoms with Gasteiger partial charge in [-0.3, -0.25) is 4.68 Å². The molecule has 3 aliphatic rings. The van der Waals surface area contributed by atoms with Crippen molar-refractivity contribution in [2.45, 2.75) is 124 Å². The minimum absolute atomic E-state index is 0.240. The average molecular weight is 487 g/mol. The standard InChI is InChI=1S/C31H54N2O2/c1-8-16-31(9-2)24(15-18-35-7)10-11-25-26-12-13-28(29(26,5)17-14-27(25)31)30(6,34)21-33-20-23(19-32-33)22(3)4/h19-20,22,24-28,34H,8-18,21H2,1-7H3/t24?,25?,26?,27?,28?,29?,30-,31-/m0/s1. The van der Waals surface area contributed by atoms with Gasteiger partial charge in [0.1, 0.15) is 0 Å². The maximum absolute atomic E-state index is 11.9. The lowest BCUT2D eigenvalue weighted by molar-refractivity contribution is -0.139. The van der Waals surface area contributed by atoms with E-state index in [0.29, 0.717) is 23.8 Å². The highest BCUT2D eigenvalue weighted by Gasteiger charge is 2.62. The first kappa shape index (κ1) is 27.2. The molecule has 3 aliphatic carbocycles. The number of hydrogen-bond donors (Lipinski definition) is 1. The first-order valence-corrected chi connectivity index (χ1v) is 14.9. The summed E-state index contributed by atoms with van der Waals surface area (Å²) in [5.74, 6) is 4.07. The van der Waals surface area contributed by atoms with Crippen molar-refractivity contribution in [2.24, 2.45) is 40.4 Å². The Morgan fingerprint density at radius 1 is 1.17 bits per heavy atom. The Kier molecular flexibility index (Phi) is 8.14.